The van der Waals surface area contributed by atoms with Gasteiger partial charge in [-0.2, -0.15) is 0 Å². The first-order valence-electron chi connectivity index (χ1n) is 12.0. The van der Waals surface area contributed by atoms with Crippen LogP contribution in [-0.4, -0.2) is 84.0 Å². The van der Waals surface area contributed by atoms with Crippen LogP contribution >= 0.6 is 0 Å². The van der Waals surface area contributed by atoms with Gasteiger partial charge in [0.25, 0.3) is 5.91 Å². The van der Waals surface area contributed by atoms with Crippen LogP contribution in [0.15, 0.2) is 24.3 Å². The van der Waals surface area contributed by atoms with Crippen molar-refractivity contribution >= 4 is 17.8 Å². The summed E-state index contributed by atoms with van der Waals surface area (Å²) in [6.07, 6.45) is 2.38. The van der Waals surface area contributed by atoms with Gasteiger partial charge in [0.2, 0.25) is 5.91 Å². The molecule has 0 saturated carbocycles. The number of carbonyl (C=O) groups excluding carboxylic acids is 3. The summed E-state index contributed by atoms with van der Waals surface area (Å²) in [6.45, 7) is 11.9. The highest BCUT2D eigenvalue weighted by Crippen LogP contribution is 2.29. The quantitative estimate of drug-likeness (QED) is 0.687. The van der Waals surface area contributed by atoms with Crippen LogP contribution in [0, 0.1) is 12.8 Å². The summed E-state index contributed by atoms with van der Waals surface area (Å²) in [4.78, 5) is 44.0. The van der Waals surface area contributed by atoms with E-state index in [9.17, 15) is 14.4 Å². The third-order valence-electron chi connectivity index (χ3n) is 7.18. The van der Waals surface area contributed by atoms with E-state index in [1.807, 2.05) is 31.2 Å². The fraction of sp³-hybridized carbons (Fsp3) is 0.640. The number of hydrogen-bond donors (Lipinski definition) is 1. The van der Waals surface area contributed by atoms with Crippen LogP contribution in [0.5, 0.6) is 0 Å². The normalized spacial score (nSPS) is 29.5. The lowest BCUT2D eigenvalue weighted by Crippen LogP contribution is -2.50. The summed E-state index contributed by atoms with van der Waals surface area (Å²) in [6, 6.07) is 7.01. The molecule has 3 saturated heterocycles. The fourth-order valence-electron chi connectivity index (χ4n) is 5.32. The van der Waals surface area contributed by atoms with Crippen molar-refractivity contribution in [3.05, 3.63) is 35.4 Å². The summed E-state index contributed by atoms with van der Waals surface area (Å²) >= 11 is 0. The van der Waals surface area contributed by atoms with Crippen molar-refractivity contribution in [2.75, 3.05) is 39.3 Å². The van der Waals surface area contributed by atoms with Crippen LogP contribution in [0.3, 0.4) is 0 Å². The first-order chi connectivity index (χ1) is 15.7. The Labute approximate surface area is 196 Å². The number of nitrogens with one attached hydrogen (secondary N) is 1. The maximum absolute atomic E-state index is 13.1. The van der Waals surface area contributed by atoms with Gasteiger partial charge in [-0.15, -0.1) is 0 Å². The number of likely N-dealkylation sites (tertiary alicyclic amines) is 1. The molecule has 4 amide bonds. The number of ether oxygens (including phenoxy) is 1. The topological polar surface area (TPSA) is 82.2 Å². The van der Waals surface area contributed by atoms with E-state index < -0.39 is 11.6 Å². The zero-order valence-electron chi connectivity index (χ0n) is 20.2. The molecule has 8 heteroatoms. The Morgan fingerprint density at radius 3 is 2.30 bits per heavy atom. The van der Waals surface area contributed by atoms with E-state index in [0.29, 0.717) is 24.6 Å². The van der Waals surface area contributed by atoms with Crippen LogP contribution < -0.4 is 5.32 Å². The molecule has 1 N–H and O–H groups in total. The van der Waals surface area contributed by atoms with E-state index in [2.05, 4.69) is 24.1 Å². The molecule has 0 bridgehead atoms. The average molecular weight is 457 g/mol. The van der Waals surface area contributed by atoms with Crippen LogP contribution in [0.2, 0.25) is 0 Å². The molecular formula is C25H36N4O4. The molecule has 0 aromatic heterocycles. The predicted molar refractivity (Wildman–Crippen MR) is 125 cm³/mol. The second kappa shape index (κ2) is 9.43. The summed E-state index contributed by atoms with van der Waals surface area (Å²) in [5.74, 6) is 0.00182. The smallest absolute Gasteiger partial charge is 0.325 e. The minimum absolute atomic E-state index is 0.168. The molecule has 33 heavy (non-hydrogen) atoms. The van der Waals surface area contributed by atoms with Gasteiger partial charge in [-0.05, 0) is 52.0 Å². The second-order valence-electron chi connectivity index (χ2n) is 10.1. The van der Waals surface area contributed by atoms with Gasteiger partial charge in [-0.3, -0.25) is 19.4 Å². The van der Waals surface area contributed by atoms with Gasteiger partial charge in [-0.25, -0.2) is 4.79 Å². The van der Waals surface area contributed by atoms with Crippen molar-refractivity contribution < 1.29 is 19.1 Å². The van der Waals surface area contributed by atoms with Crippen LogP contribution in [-0.2, 0) is 19.9 Å². The Morgan fingerprint density at radius 1 is 1.09 bits per heavy atom. The van der Waals surface area contributed by atoms with E-state index in [1.165, 1.54) is 0 Å². The van der Waals surface area contributed by atoms with Crippen molar-refractivity contribution in [2.45, 2.75) is 58.3 Å². The second-order valence-corrected chi connectivity index (χ2v) is 10.1. The van der Waals surface area contributed by atoms with E-state index in [1.54, 1.807) is 11.8 Å². The minimum Gasteiger partial charge on any atom is -0.373 e. The number of carbonyl (C=O) groups is 3. The Morgan fingerprint density at radius 2 is 1.70 bits per heavy atom. The molecule has 3 atom stereocenters. The van der Waals surface area contributed by atoms with Gasteiger partial charge in [0, 0.05) is 32.7 Å². The van der Waals surface area contributed by atoms with Crippen LogP contribution in [0.1, 0.15) is 44.7 Å². The lowest BCUT2D eigenvalue weighted by molar-refractivity contribution is -0.139. The van der Waals surface area contributed by atoms with Gasteiger partial charge < -0.3 is 15.0 Å². The number of amides is 4. The molecule has 1 aromatic carbocycles. The summed E-state index contributed by atoms with van der Waals surface area (Å²) in [5, 5.41) is 2.78. The van der Waals surface area contributed by atoms with Gasteiger partial charge in [0.1, 0.15) is 12.1 Å². The minimum atomic E-state index is -1.15. The van der Waals surface area contributed by atoms with Crippen LogP contribution in [0.4, 0.5) is 4.79 Å². The Kier molecular flexibility index (Phi) is 6.77. The molecule has 3 unspecified atom stereocenters. The highest BCUT2D eigenvalue weighted by atomic mass is 16.5. The number of piperidine rings is 1. The van der Waals surface area contributed by atoms with Crippen molar-refractivity contribution in [3.8, 4) is 0 Å². The molecule has 3 aliphatic rings. The van der Waals surface area contributed by atoms with E-state index >= 15 is 0 Å². The molecule has 0 spiro atoms. The molecule has 8 nitrogen and oxygen atoms in total. The van der Waals surface area contributed by atoms with Crippen molar-refractivity contribution in [1.29, 1.82) is 0 Å². The molecule has 3 fully saturated rings. The molecule has 3 aliphatic heterocycles. The molecule has 0 aliphatic carbocycles. The van der Waals surface area contributed by atoms with E-state index in [4.69, 9.17) is 4.74 Å². The van der Waals surface area contributed by atoms with Crippen molar-refractivity contribution in [2.24, 2.45) is 5.92 Å². The molecule has 0 radical (unpaired) electrons. The maximum atomic E-state index is 13.1. The summed E-state index contributed by atoms with van der Waals surface area (Å²) in [7, 11) is 0. The number of morpholine rings is 1. The lowest BCUT2D eigenvalue weighted by atomic mass is 9.91. The number of imide groups is 1. The largest absolute Gasteiger partial charge is 0.373 e. The lowest BCUT2D eigenvalue weighted by Gasteiger charge is -2.39. The zero-order chi connectivity index (χ0) is 23.8. The van der Waals surface area contributed by atoms with Gasteiger partial charge >= 0.3 is 6.03 Å². The molecule has 180 valence electrons. The van der Waals surface area contributed by atoms with Crippen molar-refractivity contribution in [1.82, 2.24) is 20.0 Å². The third-order valence-corrected chi connectivity index (χ3v) is 7.18. The molecule has 4 rings (SSSR count). The highest BCUT2D eigenvalue weighted by Gasteiger charge is 2.49. The highest BCUT2D eigenvalue weighted by molar-refractivity contribution is 6.09. The number of benzene rings is 1. The Hall–Kier alpha value is -2.45. The molecule has 3 heterocycles. The summed E-state index contributed by atoms with van der Waals surface area (Å²) in [5.41, 5.74) is 0.644. The Bertz CT molecular complexity index is 886. The first-order valence-corrected chi connectivity index (χ1v) is 12.0. The standard InChI is InChI=1S/C25H36N4O4/c1-17-5-7-21(8-6-17)25(4)23(31)29(24(32)26-25)16-22(30)28-11-9-20(10-12-28)15-27-13-18(2)33-19(3)14-27/h5-8,18-20H,9-16H2,1-4H3,(H,26,32). The van der Waals surface area contributed by atoms with Gasteiger partial charge in [-0.1, -0.05) is 29.8 Å². The number of urea groups is 1. The van der Waals surface area contributed by atoms with Gasteiger partial charge in [0.15, 0.2) is 0 Å². The summed E-state index contributed by atoms with van der Waals surface area (Å²) < 4.78 is 5.82. The number of rotatable bonds is 5. The first kappa shape index (κ1) is 23.7. The zero-order valence-corrected chi connectivity index (χ0v) is 20.2. The van der Waals surface area contributed by atoms with Crippen LogP contribution in [0.25, 0.3) is 0 Å². The average Bonchev–Trinajstić information content (AvgIpc) is 2.97. The van der Waals surface area contributed by atoms with E-state index in [-0.39, 0.29) is 30.6 Å². The number of hydrogen-bond acceptors (Lipinski definition) is 5. The monoisotopic (exact) mass is 456 g/mol. The Balaban J connectivity index is 1.30. The number of aryl methyl sites for hydroxylation is 1. The molecular weight excluding hydrogens is 420 g/mol. The predicted octanol–water partition coefficient (Wildman–Crippen LogP) is 2.11. The number of nitrogens with zero attached hydrogens (tertiary/aromatic N) is 3. The van der Waals surface area contributed by atoms with E-state index in [0.717, 1.165) is 42.9 Å². The molecule has 1 aromatic rings. The fourth-order valence-corrected chi connectivity index (χ4v) is 5.32. The van der Waals surface area contributed by atoms with Crippen molar-refractivity contribution in [3.63, 3.8) is 0 Å². The maximum Gasteiger partial charge on any atom is 0.325 e. The SMILES string of the molecule is Cc1ccc(C2(C)NC(=O)N(CC(=O)N3CCC(CN4CC(C)OC(C)C4)CC3)C2=O)cc1. The van der Waals surface area contributed by atoms with Gasteiger partial charge in [0.05, 0.1) is 12.2 Å². The third kappa shape index (κ3) is 5.06.